The normalized spacial score (nSPS) is 21.7. The number of rotatable bonds is 3. The number of aryl methyl sites for hydroxylation is 2. The minimum Gasteiger partial charge on any atom is -0.378 e. The van der Waals surface area contributed by atoms with Crippen LogP contribution in [0.25, 0.3) is 0 Å². The van der Waals surface area contributed by atoms with Crippen LogP contribution < -0.4 is 0 Å². The molecule has 0 spiro atoms. The van der Waals surface area contributed by atoms with Crippen molar-refractivity contribution < 1.29 is 14.3 Å². The van der Waals surface area contributed by atoms with Gasteiger partial charge in [-0.05, 0) is 25.3 Å². The molecule has 0 saturated carbocycles. The van der Waals surface area contributed by atoms with E-state index in [1.807, 2.05) is 22.8 Å². The number of amides is 2. The van der Waals surface area contributed by atoms with Crippen molar-refractivity contribution in [3.63, 3.8) is 0 Å². The van der Waals surface area contributed by atoms with E-state index in [0.717, 1.165) is 12.1 Å². The molecule has 0 bridgehead atoms. The second-order valence-electron chi connectivity index (χ2n) is 6.40. The van der Waals surface area contributed by atoms with Crippen LogP contribution in [-0.2, 0) is 16.6 Å². The van der Waals surface area contributed by atoms with Gasteiger partial charge in [-0.3, -0.25) is 14.3 Å². The second kappa shape index (κ2) is 6.70. The van der Waals surface area contributed by atoms with Gasteiger partial charge in [-0.25, -0.2) is 0 Å². The quantitative estimate of drug-likeness (QED) is 0.810. The van der Waals surface area contributed by atoms with E-state index in [0.29, 0.717) is 51.5 Å². The van der Waals surface area contributed by atoms with Crippen LogP contribution in [0.4, 0.5) is 0 Å². The van der Waals surface area contributed by atoms with Crippen LogP contribution >= 0.6 is 0 Å². The minimum atomic E-state index is 0.00872. The molecule has 126 valence electrons. The number of aromatic nitrogens is 2. The number of ether oxygens (including phenoxy) is 1. The summed E-state index contributed by atoms with van der Waals surface area (Å²) in [4.78, 5) is 28.6. The molecular weight excluding hydrogens is 296 g/mol. The average Bonchev–Trinajstić information content (AvgIpc) is 3.14. The second-order valence-corrected chi connectivity index (χ2v) is 6.40. The molecule has 1 atom stereocenters. The number of carbonyl (C=O) groups is 2. The molecule has 0 aliphatic carbocycles. The van der Waals surface area contributed by atoms with Crippen molar-refractivity contribution >= 4 is 11.8 Å². The van der Waals surface area contributed by atoms with Crippen LogP contribution in [-0.4, -0.2) is 70.8 Å². The Morgan fingerprint density at radius 3 is 2.65 bits per heavy atom. The minimum absolute atomic E-state index is 0.00872. The molecule has 1 unspecified atom stereocenters. The number of nitrogens with zero attached hydrogens (tertiary/aromatic N) is 4. The molecule has 3 rings (SSSR count). The van der Waals surface area contributed by atoms with Gasteiger partial charge < -0.3 is 14.5 Å². The molecule has 2 saturated heterocycles. The smallest absolute Gasteiger partial charge is 0.272 e. The Morgan fingerprint density at radius 2 is 2.00 bits per heavy atom. The summed E-state index contributed by atoms with van der Waals surface area (Å²) in [7, 11) is 1.79. The van der Waals surface area contributed by atoms with Gasteiger partial charge in [0, 0.05) is 39.6 Å². The van der Waals surface area contributed by atoms with Crippen LogP contribution in [0.1, 0.15) is 29.0 Å². The topological polar surface area (TPSA) is 67.7 Å². The SMILES string of the molecule is Cc1cc(C(=O)N2CCC(CC(=O)N3CCOCC3)C2)n(C)n1. The van der Waals surface area contributed by atoms with Gasteiger partial charge >= 0.3 is 0 Å². The van der Waals surface area contributed by atoms with Gasteiger partial charge in [0.05, 0.1) is 18.9 Å². The molecular formula is C16H24N4O3. The third-order valence-electron chi connectivity index (χ3n) is 4.62. The first-order chi connectivity index (χ1) is 11.0. The Labute approximate surface area is 136 Å². The fourth-order valence-corrected chi connectivity index (χ4v) is 3.35. The highest BCUT2D eigenvalue weighted by atomic mass is 16.5. The Balaban J connectivity index is 1.54. The van der Waals surface area contributed by atoms with Crippen LogP contribution in [0.3, 0.4) is 0 Å². The van der Waals surface area contributed by atoms with Crippen LogP contribution in [0.5, 0.6) is 0 Å². The van der Waals surface area contributed by atoms with E-state index in [1.165, 1.54) is 0 Å². The standard InChI is InChI=1S/C16H24N4O3/c1-12-9-14(18(2)17-12)16(22)20-4-3-13(11-20)10-15(21)19-5-7-23-8-6-19/h9,13H,3-8,10-11H2,1-2H3. The zero-order valence-corrected chi connectivity index (χ0v) is 13.8. The summed E-state index contributed by atoms with van der Waals surface area (Å²) < 4.78 is 6.90. The van der Waals surface area contributed by atoms with Crippen LogP contribution in [0, 0.1) is 12.8 Å². The summed E-state index contributed by atoms with van der Waals surface area (Å²) in [5.74, 6) is 0.446. The Kier molecular flexibility index (Phi) is 4.66. The molecule has 2 amide bonds. The molecule has 0 aromatic carbocycles. The van der Waals surface area contributed by atoms with Gasteiger partial charge in [-0.2, -0.15) is 5.10 Å². The van der Waals surface area contributed by atoms with Crippen molar-refractivity contribution in [2.24, 2.45) is 13.0 Å². The molecule has 3 heterocycles. The van der Waals surface area contributed by atoms with Crippen molar-refractivity contribution in [1.82, 2.24) is 19.6 Å². The van der Waals surface area contributed by atoms with Gasteiger partial charge in [0.1, 0.15) is 5.69 Å². The predicted octanol–water partition coefficient (Wildman–Crippen LogP) is 0.440. The largest absolute Gasteiger partial charge is 0.378 e. The maximum absolute atomic E-state index is 12.6. The highest BCUT2D eigenvalue weighted by molar-refractivity contribution is 5.93. The lowest BCUT2D eigenvalue weighted by atomic mass is 10.0. The first-order valence-electron chi connectivity index (χ1n) is 8.20. The molecule has 2 fully saturated rings. The lowest BCUT2D eigenvalue weighted by molar-refractivity contribution is -0.136. The van der Waals surface area contributed by atoms with E-state index >= 15 is 0 Å². The zero-order valence-electron chi connectivity index (χ0n) is 13.8. The first kappa shape index (κ1) is 16.0. The van der Waals surface area contributed by atoms with E-state index in [4.69, 9.17) is 4.74 Å². The molecule has 1 aromatic heterocycles. The van der Waals surface area contributed by atoms with E-state index < -0.39 is 0 Å². The fourth-order valence-electron chi connectivity index (χ4n) is 3.35. The highest BCUT2D eigenvalue weighted by Gasteiger charge is 2.31. The third kappa shape index (κ3) is 3.55. The zero-order chi connectivity index (χ0) is 16.4. The average molecular weight is 320 g/mol. The van der Waals surface area contributed by atoms with Crippen molar-refractivity contribution in [2.45, 2.75) is 19.8 Å². The van der Waals surface area contributed by atoms with E-state index in [1.54, 1.807) is 11.7 Å². The summed E-state index contributed by atoms with van der Waals surface area (Å²) in [5.41, 5.74) is 1.46. The predicted molar refractivity (Wildman–Crippen MR) is 84.0 cm³/mol. The lowest BCUT2D eigenvalue weighted by Crippen LogP contribution is -2.41. The van der Waals surface area contributed by atoms with Gasteiger partial charge in [0.25, 0.3) is 5.91 Å². The maximum Gasteiger partial charge on any atom is 0.272 e. The molecule has 7 heteroatoms. The number of morpholine rings is 1. The molecule has 23 heavy (non-hydrogen) atoms. The van der Waals surface area contributed by atoms with E-state index in [-0.39, 0.29) is 17.7 Å². The van der Waals surface area contributed by atoms with Crippen LogP contribution in [0.15, 0.2) is 6.07 Å². The molecule has 0 N–H and O–H groups in total. The van der Waals surface area contributed by atoms with Crippen molar-refractivity contribution in [3.8, 4) is 0 Å². The molecule has 1 aromatic rings. The summed E-state index contributed by atoms with van der Waals surface area (Å²) in [6, 6.07) is 1.81. The molecule has 7 nitrogen and oxygen atoms in total. The monoisotopic (exact) mass is 320 g/mol. The van der Waals surface area contributed by atoms with Crippen molar-refractivity contribution in [1.29, 1.82) is 0 Å². The van der Waals surface area contributed by atoms with Crippen molar-refractivity contribution in [3.05, 3.63) is 17.5 Å². The summed E-state index contributed by atoms with van der Waals surface area (Å²) >= 11 is 0. The van der Waals surface area contributed by atoms with Gasteiger partial charge in [-0.15, -0.1) is 0 Å². The molecule has 2 aliphatic heterocycles. The van der Waals surface area contributed by atoms with E-state index in [9.17, 15) is 9.59 Å². The molecule has 0 radical (unpaired) electrons. The fraction of sp³-hybridized carbons (Fsp3) is 0.688. The molecule has 2 aliphatic rings. The third-order valence-corrected chi connectivity index (χ3v) is 4.62. The number of hydrogen-bond donors (Lipinski definition) is 0. The summed E-state index contributed by atoms with van der Waals surface area (Å²) in [5, 5.41) is 4.23. The number of likely N-dealkylation sites (tertiary alicyclic amines) is 1. The Bertz CT molecular complexity index is 592. The maximum atomic E-state index is 12.6. The van der Waals surface area contributed by atoms with Crippen molar-refractivity contribution in [2.75, 3.05) is 39.4 Å². The van der Waals surface area contributed by atoms with Crippen LogP contribution in [0.2, 0.25) is 0 Å². The highest BCUT2D eigenvalue weighted by Crippen LogP contribution is 2.22. The van der Waals surface area contributed by atoms with Gasteiger partial charge in [0.15, 0.2) is 0 Å². The van der Waals surface area contributed by atoms with Gasteiger partial charge in [0.2, 0.25) is 5.91 Å². The van der Waals surface area contributed by atoms with Gasteiger partial charge in [-0.1, -0.05) is 0 Å². The summed E-state index contributed by atoms with van der Waals surface area (Å²) in [6.07, 6.45) is 1.41. The first-order valence-corrected chi connectivity index (χ1v) is 8.20. The Hall–Kier alpha value is -1.89. The number of hydrogen-bond acceptors (Lipinski definition) is 4. The summed E-state index contributed by atoms with van der Waals surface area (Å²) in [6.45, 7) is 5.86. The lowest BCUT2D eigenvalue weighted by Gasteiger charge is -2.27. The van der Waals surface area contributed by atoms with E-state index in [2.05, 4.69) is 5.10 Å². The Morgan fingerprint density at radius 1 is 1.26 bits per heavy atom. The number of carbonyl (C=O) groups excluding carboxylic acids is 2.